The first-order valence-corrected chi connectivity index (χ1v) is 5.55. The molecular formula is C11H11BrO3. The van der Waals surface area contributed by atoms with Crippen LogP contribution in [0.2, 0.25) is 0 Å². The zero-order valence-corrected chi connectivity index (χ0v) is 9.61. The third kappa shape index (κ3) is 2.38. The number of benzene rings is 1. The van der Waals surface area contributed by atoms with Gasteiger partial charge in [-0.15, -0.1) is 0 Å². The van der Waals surface area contributed by atoms with Crippen LogP contribution >= 0.6 is 15.9 Å². The van der Waals surface area contributed by atoms with Crippen molar-refractivity contribution in [2.45, 2.75) is 12.5 Å². The van der Waals surface area contributed by atoms with Gasteiger partial charge in [0.1, 0.15) is 12.7 Å². The molecule has 0 saturated carbocycles. The molecule has 0 radical (unpaired) electrons. The van der Waals surface area contributed by atoms with Gasteiger partial charge >= 0.3 is 5.97 Å². The first kappa shape index (κ1) is 10.6. The van der Waals surface area contributed by atoms with Gasteiger partial charge < -0.3 is 9.84 Å². The van der Waals surface area contributed by atoms with Crippen molar-refractivity contribution in [3.05, 3.63) is 34.3 Å². The van der Waals surface area contributed by atoms with E-state index in [1.165, 1.54) is 0 Å². The van der Waals surface area contributed by atoms with Crippen LogP contribution in [0.4, 0.5) is 0 Å². The number of carbonyl (C=O) groups is 1. The Morgan fingerprint density at radius 1 is 1.40 bits per heavy atom. The minimum atomic E-state index is -0.666. The molecule has 1 saturated heterocycles. The van der Waals surface area contributed by atoms with Gasteiger partial charge in [0.15, 0.2) is 0 Å². The third-order valence-corrected chi connectivity index (χ3v) is 3.06. The van der Waals surface area contributed by atoms with Gasteiger partial charge in [-0.05, 0) is 24.1 Å². The summed E-state index contributed by atoms with van der Waals surface area (Å²) < 4.78 is 5.78. The maximum Gasteiger partial charge on any atom is 0.312 e. The first-order chi connectivity index (χ1) is 7.16. The van der Waals surface area contributed by atoms with E-state index in [0.717, 1.165) is 10.0 Å². The highest BCUT2D eigenvalue weighted by Crippen LogP contribution is 2.21. The first-order valence-electron chi connectivity index (χ1n) is 4.76. The minimum Gasteiger partial charge on any atom is -0.463 e. The number of esters is 1. The third-order valence-electron chi connectivity index (χ3n) is 2.53. The summed E-state index contributed by atoms with van der Waals surface area (Å²) in [5, 5.41) is 9.52. The molecule has 0 spiro atoms. The number of hydrogen-bond donors (Lipinski definition) is 1. The van der Waals surface area contributed by atoms with Crippen molar-refractivity contribution in [3.63, 3.8) is 0 Å². The molecule has 2 atom stereocenters. The van der Waals surface area contributed by atoms with Crippen molar-refractivity contribution in [1.82, 2.24) is 0 Å². The number of ether oxygens (including phenoxy) is 1. The van der Waals surface area contributed by atoms with Crippen LogP contribution in [0.25, 0.3) is 0 Å². The molecule has 1 aromatic rings. The number of hydrogen-bond acceptors (Lipinski definition) is 3. The zero-order chi connectivity index (χ0) is 10.8. The summed E-state index contributed by atoms with van der Waals surface area (Å²) in [7, 11) is 0. The van der Waals surface area contributed by atoms with E-state index in [0.29, 0.717) is 6.42 Å². The second-order valence-corrected chi connectivity index (χ2v) is 4.55. The lowest BCUT2D eigenvalue weighted by Crippen LogP contribution is -2.22. The molecule has 0 amide bonds. The van der Waals surface area contributed by atoms with E-state index >= 15 is 0 Å². The molecule has 3 nitrogen and oxygen atoms in total. The van der Waals surface area contributed by atoms with Gasteiger partial charge in [0.05, 0.1) is 5.92 Å². The number of cyclic esters (lactones) is 1. The second-order valence-electron chi connectivity index (χ2n) is 3.63. The van der Waals surface area contributed by atoms with Crippen LogP contribution in [-0.2, 0) is 16.0 Å². The molecule has 4 heteroatoms. The lowest BCUT2D eigenvalue weighted by Gasteiger charge is -2.09. The van der Waals surface area contributed by atoms with Gasteiger partial charge in [-0.1, -0.05) is 28.1 Å². The van der Waals surface area contributed by atoms with Crippen LogP contribution in [0.1, 0.15) is 5.56 Å². The van der Waals surface area contributed by atoms with Gasteiger partial charge in [0, 0.05) is 4.47 Å². The summed E-state index contributed by atoms with van der Waals surface area (Å²) >= 11 is 3.34. The Bertz CT molecular complexity index is 361. The van der Waals surface area contributed by atoms with Crippen molar-refractivity contribution >= 4 is 21.9 Å². The quantitative estimate of drug-likeness (QED) is 0.830. The van der Waals surface area contributed by atoms with Crippen LogP contribution in [0.15, 0.2) is 28.7 Å². The topological polar surface area (TPSA) is 46.5 Å². The van der Waals surface area contributed by atoms with Gasteiger partial charge in [0.2, 0.25) is 0 Å². The Hall–Kier alpha value is -0.870. The normalized spacial score (nSPS) is 25.3. The molecule has 0 aromatic heterocycles. The Kier molecular flexibility index (Phi) is 3.07. The van der Waals surface area contributed by atoms with Crippen LogP contribution < -0.4 is 0 Å². The van der Waals surface area contributed by atoms with Crippen molar-refractivity contribution in [2.24, 2.45) is 5.92 Å². The van der Waals surface area contributed by atoms with Crippen LogP contribution in [-0.4, -0.2) is 23.8 Å². The molecule has 0 aliphatic carbocycles. The van der Waals surface area contributed by atoms with E-state index in [1.54, 1.807) is 0 Å². The predicted octanol–water partition coefficient (Wildman–Crippen LogP) is 1.53. The molecule has 2 rings (SSSR count). The fourth-order valence-electron chi connectivity index (χ4n) is 1.64. The number of aliphatic hydroxyl groups is 1. The Balaban J connectivity index is 2.08. The fourth-order valence-corrected chi connectivity index (χ4v) is 1.91. The molecule has 15 heavy (non-hydrogen) atoms. The smallest absolute Gasteiger partial charge is 0.312 e. The standard InChI is InChI=1S/C11H11BrO3/c12-8-3-1-7(2-4-8)5-9-10(13)6-15-11(9)14/h1-4,9-10,13H,5-6H2/t9-,10+/m1/s1. The summed E-state index contributed by atoms with van der Waals surface area (Å²) in [6.45, 7) is 0.125. The number of carbonyl (C=O) groups excluding carboxylic acids is 1. The number of rotatable bonds is 2. The molecule has 1 aliphatic heterocycles. The van der Waals surface area contributed by atoms with Crippen molar-refractivity contribution < 1.29 is 14.6 Å². The van der Waals surface area contributed by atoms with E-state index in [-0.39, 0.29) is 12.6 Å². The Labute approximate surface area is 96.2 Å². The maximum atomic E-state index is 11.3. The van der Waals surface area contributed by atoms with Crippen molar-refractivity contribution in [2.75, 3.05) is 6.61 Å². The Morgan fingerprint density at radius 3 is 2.60 bits per heavy atom. The largest absolute Gasteiger partial charge is 0.463 e. The minimum absolute atomic E-state index is 0.125. The summed E-state index contributed by atoms with van der Waals surface area (Å²) in [6, 6.07) is 7.70. The summed E-state index contributed by atoms with van der Waals surface area (Å²) in [5.41, 5.74) is 1.03. The van der Waals surface area contributed by atoms with Gasteiger partial charge in [-0.2, -0.15) is 0 Å². The molecule has 1 fully saturated rings. The highest BCUT2D eigenvalue weighted by atomic mass is 79.9. The molecule has 1 aromatic carbocycles. The molecule has 1 heterocycles. The highest BCUT2D eigenvalue weighted by molar-refractivity contribution is 9.10. The monoisotopic (exact) mass is 270 g/mol. The average Bonchev–Trinajstić information content (AvgIpc) is 2.53. The van der Waals surface area contributed by atoms with Crippen LogP contribution in [0.5, 0.6) is 0 Å². The average molecular weight is 271 g/mol. The second kappa shape index (κ2) is 4.33. The van der Waals surface area contributed by atoms with E-state index in [4.69, 9.17) is 4.74 Å². The zero-order valence-electron chi connectivity index (χ0n) is 8.02. The fraction of sp³-hybridized carbons (Fsp3) is 0.364. The maximum absolute atomic E-state index is 11.3. The van der Waals surface area contributed by atoms with Gasteiger partial charge in [-0.3, -0.25) is 4.79 Å². The molecule has 80 valence electrons. The van der Waals surface area contributed by atoms with Crippen LogP contribution in [0, 0.1) is 5.92 Å². The highest BCUT2D eigenvalue weighted by Gasteiger charge is 2.35. The molecule has 1 N–H and O–H groups in total. The van der Waals surface area contributed by atoms with E-state index in [9.17, 15) is 9.90 Å². The number of aliphatic hydroxyl groups excluding tert-OH is 1. The summed E-state index contributed by atoms with van der Waals surface area (Å²) in [5.74, 6) is -0.711. The summed E-state index contributed by atoms with van der Waals surface area (Å²) in [6.07, 6.45) is -0.131. The number of halogens is 1. The van der Waals surface area contributed by atoms with Crippen LogP contribution in [0.3, 0.4) is 0 Å². The lowest BCUT2D eigenvalue weighted by molar-refractivity contribution is -0.141. The predicted molar refractivity (Wildman–Crippen MR) is 58.3 cm³/mol. The summed E-state index contributed by atoms with van der Waals surface area (Å²) in [4.78, 5) is 11.3. The Morgan fingerprint density at radius 2 is 2.07 bits per heavy atom. The van der Waals surface area contributed by atoms with Gasteiger partial charge in [-0.25, -0.2) is 0 Å². The van der Waals surface area contributed by atoms with Gasteiger partial charge in [0.25, 0.3) is 0 Å². The van der Waals surface area contributed by atoms with E-state index in [2.05, 4.69) is 15.9 Å². The van der Waals surface area contributed by atoms with Crippen molar-refractivity contribution in [3.8, 4) is 0 Å². The molecule has 1 aliphatic rings. The SMILES string of the molecule is O=C1OC[C@H](O)[C@H]1Cc1ccc(Br)cc1. The van der Waals surface area contributed by atoms with Crippen molar-refractivity contribution in [1.29, 1.82) is 0 Å². The molecule has 0 bridgehead atoms. The lowest BCUT2D eigenvalue weighted by atomic mass is 9.96. The molecule has 0 unspecified atom stereocenters. The molecular weight excluding hydrogens is 260 g/mol. The van der Waals surface area contributed by atoms with E-state index < -0.39 is 12.0 Å². The van der Waals surface area contributed by atoms with E-state index in [1.807, 2.05) is 24.3 Å².